The SMILES string of the molecule is O=C1CCc2cc(CNC[C@@H](O)c3ccc(O)c4[nH]c(=O)ccc34)ccc2N1CCCCc1cccc(C2(C(=O)O)CCCCC2)c1. The lowest BCUT2D eigenvalue weighted by Gasteiger charge is -2.34. The quantitative estimate of drug-likeness (QED) is 0.126. The smallest absolute Gasteiger partial charge is 0.314 e. The Balaban J connectivity index is 1.03. The lowest BCUT2D eigenvalue weighted by Crippen LogP contribution is -2.37. The fraction of sp³-hybridized carbons (Fsp3) is 0.395. The topological polar surface area (TPSA) is 143 Å². The van der Waals surface area contributed by atoms with Crippen LogP contribution in [0, 0.1) is 0 Å². The van der Waals surface area contributed by atoms with E-state index < -0.39 is 17.5 Å². The van der Waals surface area contributed by atoms with Gasteiger partial charge in [0.2, 0.25) is 11.5 Å². The zero-order chi connectivity index (χ0) is 33.0. The van der Waals surface area contributed by atoms with E-state index in [1.54, 1.807) is 12.1 Å². The number of benzene rings is 3. The van der Waals surface area contributed by atoms with Crippen molar-refractivity contribution in [1.29, 1.82) is 0 Å². The van der Waals surface area contributed by atoms with Crippen LogP contribution in [0.5, 0.6) is 5.75 Å². The van der Waals surface area contributed by atoms with Gasteiger partial charge >= 0.3 is 5.97 Å². The van der Waals surface area contributed by atoms with Crippen molar-refractivity contribution in [2.24, 2.45) is 0 Å². The third-order valence-electron chi connectivity index (χ3n) is 9.97. The second kappa shape index (κ2) is 14.1. The predicted molar refractivity (Wildman–Crippen MR) is 182 cm³/mol. The Labute approximate surface area is 274 Å². The maximum atomic E-state index is 12.9. The number of H-pyrrole nitrogens is 1. The van der Waals surface area contributed by atoms with E-state index in [1.165, 1.54) is 12.1 Å². The number of fused-ring (bicyclic) bond motifs is 2. The van der Waals surface area contributed by atoms with Gasteiger partial charge in [-0.3, -0.25) is 14.4 Å². The lowest BCUT2D eigenvalue weighted by atomic mass is 9.69. The summed E-state index contributed by atoms with van der Waals surface area (Å²) in [6, 6.07) is 20.4. The number of aryl methyl sites for hydroxylation is 2. The number of aromatic hydroxyl groups is 1. The zero-order valence-corrected chi connectivity index (χ0v) is 26.6. The molecule has 1 fully saturated rings. The van der Waals surface area contributed by atoms with Crippen LogP contribution in [0.25, 0.3) is 10.9 Å². The molecule has 1 atom stereocenters. The second-order valence-corrected chi connectivity index (χ2v) is 13.0. The minimum atomic E-state index is -0.845. The van der Waals surface area contributed by atoms with E-state index in [2.05, 4.69) is 28.5 Å². The number of carboxylic acid groups (broad SMARTS) is 1. The summed E-state index contributed by atoms with van der Waals surface area (Å²) in [6.07, 6.45) is 7.30. The van der Waals surface area contributed by atoms with Gasteiger partial charge in [-0.2, -0.15) is 0 Å². The summed E-state index contributed by atoms with van der Waals surface area (Å²) in [6.45, 7) is 1.45. The number of nitrogens with zero attached hydrogens (tertiary/aromatic N) is 1. The molecule has 1 aliphatic carbocycles. The van der Waals surface area contributed by atoms with E-state index in [-0.39, 0.29) is 23.8 Å². The van der Waals surface area contributed by atoms with Crippen LogP contribution in [-0.4, -0.2) is 45.3 Å². The number of aliphatic carboxylic acids is 1. The Morgan fingerprint density at radius 2 is 1.77 bits per heavy atom. The Bertz CT molecular complexity index is 1830. The van der Waals surface area contributed by atoms with Gasteiger partial charge in [0.1, 0.15) is 5.75 Å². The molecule has 0 radical (unpaired) electrons. The van der Waals surface area contributed by atoms with Crippen molar-refractivity contribution in [2.75, 3.05) is 18.0 Å². The van der Waals surface area contributed by atoms with Crippen LogP contribution in [0.2, 0.25) is 0 Å². The number of unbranched alkanes of at least 4 members (excludes halogenated alkanes) is 1. The molecule has 2 aliphatic rings. The van der Waals surface area contributed by atoms with E-state index in [0.717, 1.165) is 66.5 Å². The van der Waals surface area contributed by atoms with E-state index in [4.69, 9.17) is 0 Å². The first kappa shape index (κ1) is 32.5. The van der Waals surface area contributed by atoms with Crippen molar-refractivity contribution in [3.8, 4) is 5.75 Å². The number of aromatic nitrogens is 1. The number of aliphatic hydroxyl groups excluding tert-OH is 1. The standard InChI is InChI=1S/C38H43N3O6/c42-32-15-12-29(30-13-16-34(44)40-36(30)32)33(43)24-39-23-26-10-14-31-27(21-26)11-17-35(45)41(31)20-5-2-7-25-8-6-9-28(22-25)38(37(46)47)18-3-1-4-19-38/h6,8-10,12-16,21-22,33,39,42-43H,1-5,7,11,17-20,23-24H2,(H,40,44)(H,46,47)/t33-/m1/s1. The Morgan fingerprint density at radius 1 is 0.936 bits per heavy atom. The van der Waals surface area contributed by atoms with Crippen molar-refractivity contribution in [1.82, 2.24) is 10.3 Å². The summed E-state index contributed by atoms with van der Waals surface area (Å²) in [5.74, 6) is -0.620. The minimum Gasteiger partial charge on any atom is -0.506 e. The molecule has 0 unspecified atom stereocenters. The van der Waals surface area contributed by atoms with Gasteiger partial charge in [-0.15, -0.1) is 0 Å². The summed E-state index contributed by atoms with van der Waals surface area (Å²) < 4.78 is 0. The first-order chi connectivity index (χ1) is 22.7. The Kier molecular flexibility index (Phi) is 9.75. The van der Waals surface area contributed by atoms with E-state index in [0.29, 0.717) is 55.2 Å². The maximum absolute atomic E-state index is 12.9. The van der Waals surface area contributed by atoms with Crippen molar-refractivity contribution in [3.63, 3.8) is 0 Å². The predicted octanol–water partition coefficient (Wildman–Crippen LogP) is 5.65. The highest BCUT2D eigenvalue weighted by Crippen LogP contribution is 2.40. The number of phenols is 1. The van der Waals surface area contributed by atoms with Gasteiger partial charge < -0.3 is 30.5 Å². The van der Waals surface area contributed by atoms with E-state index in [9.17, 15) is 29.7 Å². The third-order valence-corrected chi connectivity index (χ3v) is 9.97. The molecule has 1 aromatic heterocycles. The molecule has 0 spiro atoms. The average Bonchev–Trinajstić information content (AvgIpc) is 3.08. The van der Waals surface area contributed by atoms with Crippen LogP contribution in [-0.2, 0) is 34.4 Å². The monoisotopic (exact) mass is 637 g/mol. The number of carboxylic acids is 1. The molecule has 9 nitrogen and oxygen atoms in total. The summed E-state index contributed by atoms with van der Waals surface area (Å²) in [5, 5.41) is 35.0. The molecule has 1 amide bonds. The van der Waals surface area contributed by atoms with E-state index in [1.807, 2.05) is 29.2 Å². The molecule has 246 valence electrons. The molecule has 2 heterocycles. The molecule has 9 heteroatoms. The summed E-state index contributed by atoms with van der Waals surface area (Å²) in [7, 11) is 0. The number of amides is 1. The molecule has 3 aromatic carbocycles. The average molecular weight is 638 g/mol. The fourth-order valence-electron chi connectivity index (χ4n) is 7.39. The summed E-state index contributed by atoms with van der Waals surface area (Å²) in [5.41, 5.74) is 5.05. The molecule has 0 bridgehead atoms. The zero-order valence-electron chi connectivity index (χ0n) is 26.6. The molecular weight excluding hydrogens is 594 g/mol. The minimum absolute atomic E-state index is 0.0432. The lowest BCUT2D eigenvalue weighted by molar-refractivity contribution is -0.145. The van der Waals surface area contributed by atoms with Crippen LogP contribution in [0.15, 0.2) is 71.5 Å². The molecular formula is C38H43N3O6. The van der Waals surface area contributed by atoms with Crippen molar-refractivity contribution in [2.45, 2.75) is 82.3 Å². The van der Waals surface area contributed by atoms with Crippen LogP contribution >= 0.6 is 0 Å². The number of rotatable bonds is 12. The highest BCUT2D eigenvalue weighted by atomic mass is 16.4. The number of phenolic OH excluding ortho intramolecular Hbond substituents is 1. The highest BCUT2D eigenvalue weighted by Gasteiger charge is 2.41. The largest absolute Gasteiger partial charge is 0.506 e. The number of nitrogens with one attached hydrogen (secondary N) is 2. The van der Waals surface area contributed by atoms with Gasteiger partial charge in [0.05, 0.1) is 17.0 Å². The number of hydrogen-bond acceptors (Lipinski definition) is 6. The van der Waals surface area contributed by atoms with Gasteiger partial charge in [-0.25, -0.2) is 0 Å². The molecule has 47 heavy (non-hydrogen) atoms. The number of hydrogen-bond donors (Lipinski definition) is 5. The van der Waals surface area contributed by atoms with Gasteiger partial charge in [0.25, 0.3) is 0 Å². The van der Waals surface area contributed by atoms with Crippen LogP contribution < -0.4 is 15.8 Å². The molecule has 1 aliphatic heterocycles. The van der Waals surface area contributed by atoms with Crippen molar-refractivity contribution in [3.05, 3.63) is 105 Å². The first-order valence-corrected chi connectivity index (χ1v) is 16.7. The van der Waals surface area contributed by atoms with Crippen LogP contribution in [0.4, 0.5) is 5.69 Å². The number of aliphatic hydroxyl groups is 1. The van der Waals surface area contributed by atoms with Crippen LogP contribution in [0.1, 0.15) is 85.3 Å². The summed E-state index contributed by atoms with van der Waals surface area (Å²) in [4.78, 5) is 41.5. The Morgan fingerprint density at radius 3 is 2.57 bits per heavy atom. The second-order valence-electron chi connectivity index (χ2n) is 13.0. The maximum Gasteiger partial charge on any atom is 0.314 e. The first-order valence-electron chi connectivity index (χ1n) is 16.7. The number of carbonyl (C=O) groups excluding carboxylic acids is 1. The molecule has 6 rings (SSSR count). The molecule has 1 saturated carbocycles. The van der Waals surface area contributed by atoms with Crippen LogP contribution in [0.3, 0.4) is 0 Å². The Hall–Kier alpha value is -4.47. The molecule has 4 aromatic rings. The van der Waals surface area contributed by atoms with Gasteiger partial charge in [-0.1, -0.05) is 61.7 Å². The van der Waals surface area contributed by atoms with E-state index >= 15 is 0 Å². The van der Waals surface area contributed by atoms with Gasteiger partial charge in [0.15, 0.2) is 0 Å². The molecule has 0 saturated heterocycles. The number of carbonyl (C=O) groups is 2. The number of aromatic amines is 1. The summed E-state index contributed by atoms with van der Waals surface area (Å²) >= 11 is 0. The van der Waals surface area contributed by atoms with Gasteiger partial charge in [0, 0.05) is 43.2 Å². The number of pyridine rings is 1. The fourth-order valence-corrected chi connectivity index (χ4v) is 7.39. The van der Waals surface area contributed by atoms with Gasteiger partial charge in [-0.05, 0) is 84.5 Å². The molecule has 5 N–H and O–H groups in total. The number of anilines is 1. The highest BCUT2D eigenvalue weighted by molar-refractivity contribution is 5.96. The third kappa shape index (κ3) is 6.96. The van der Waals surface area contributed by atoms with Crippen molar-refractivity contribution >= 4 is 28.5 Å². The normalized spacial score (nSPS) is 16.6. The van der Waals surface area contributed by atoms with Crippen molar-refractivity contribution < 1.29 is 24.9 Å².